The first-order valence-electron chi connectivity index (χ1n) is 7.59. The average molecular weight is 283 g/mol. The van der Waals surface area contributed by atoms with E-state index in [1.165, 1.54) is 18.4 Å². The Bertz CT molecular complexity index is 661. The second-order valence-corrected chi connectivity index (χ2v) is 5.53. The fourth-order valence-electron chi connectivity index (χ4n) is 3.12. The molecule has 0 bridgehead atoms. The van der Waals surface area contributed by atoms with E-state index >= 15 is 0 Å². The highest BCUT2D eigenvalue weighted by Crippen LogP contribution is 2.27. The molecule has 2 aromatic heterocycles. The molecule has 1 aliphatic heterocycles. The van der Waals surface area contributed by atoms with Crippen molar-refractivity contribution in [1.82, 2.24) is 14.7 Å². The zero-order valence-electron chi connectivity index (χ0n) is 12.4. The Morgan fingerprint density at radius 2 is 2.24 bits per heavy atom. The van der Waals surface area contributed by atoms with Gasteiger partial charge in [0.05, 0.1) is 11.8 Å². The second-order valence-electron chi connectivity index (χ2n) is 5.53. The maximum atomic E-state index is 8.77. The van der Waals surface area contributed by atoms with Crippen LogP contribution in [0.2, 0.25) is 0 Å². The van der Waals surface area contributed by atoms with Gasteiger partial charge in [-0.15, -0.1) is 0 Å². The predicted octanol–water partition coefficient (Wildman–Crippen LogP) is 2.30. The van der Waals surface area contributed by atoms with Crippen molar-refractivity contribution in [2.45, 2.75) is 31.6 Å². The Kier molecular flexibility index (Phi) is 4.07. The van der Waals surface area contributed by atoms with E-state index in [1.807, 2.05) is 7.05 Å². The van der Waals surface area contributed by atoms with Crippen LogP contribution in [-0.4, -0.2) is 29.5 Å². The van der Waals surface area contributed by atoms with Gasteiger partial charge in [-0.25, -0.2) is 4.98 Å². The molecule has 0 aromatic carbocycles. The van der Waals surface area contributed by atoms with E-state index in [4.69, 9.17) is 5.26 Å². The summed E-state index contributed by atoms with van der Waals surface area (Å²) in [6.07, 6.45) is 5.78. The molecule has 3 rings (SSSR count). The van der Waals surface area contributed by atoms with E-state index in [1.54, 1.807) is 0 Å². The minimum Gasteiger partial charge on any atom is -0.373 e. The first-order chi connectivity index (χ1) is 10.3. The molecule has 0 amide bonds. The molecule has 0 spiro atoms. The van der Waals surface area contributed by atoms with E-state index in [0.717, 1.165) is 30.2 Å². The molecule has 5 nitrogen and oxygen atoms in total. The van der Waals surface area contributed by atoms with Crippen LogP contribution in [0.1, 0.15) is 36.4 Å². The van der Waals surface area contributed by atoms with E-state index in [9.17, 15) is 0 Å². The summed E-state index contributed by atoms with van der Waals surface area (Å²) in [6.45, 7) is 2.19. The van der Waals surface area contributed by atoms with Crippen LogP contribution < -0.4 is 10.6 Å². The number of nitrogens with one attached hydrogen (secondary N) is 2. The molecule has 2 N–H and O–H groups in total. The lowest BCUT2D eigenvalue weighted by molar-refractivity contribution is 0.459. The number of rotatable bonds is 4. The number of hydrogen-bond donors (Lipinski definition) is 2. The van der Waals surface area contributed by atoms with Crippen molar-refractivity contribution in [3.63, 3.8) is 0 Å². The van der Waals surface area contributed by atoms with Crippen molar-refractivity contribution in [1.29, 1.82) is 5.26 Å². The third-order valence-corrected chi connectivity index (χ3v) is 4.23. The summed E-state index contributed by atoms with van der Waals surface area (Å²) in [5.41, 5.74) is 3.30. The van der Waals surface area contributed by atoms with Crippen LogP contribution in [0.15, 0.2) is 18.3 Å². The molecule has 0 atom stereocenters. The molecule has 3 heterocycles. The van der Waals surface area contributed by atoms with Crippen molar-refractivity contribution in [2.75, 3.05) is 25.5 Å². The van der Waals surface area contributed by atoms with Gasteiger partial charge < -0.3 is 10.6 Å². The Morgan fingerprint density at radius 1 is 1.43 bits per heavy atom. The highest BCUT2D eigenvalue weighted by Gasteiger charge is 2.17. The van der Waals surface area contributed by atoms with Gasteiger partial charge in [-0.2, -0.15) is 5.26 Å². The summed E-state index contributed by atoms with van der Waals surface area (Å²) in [5.74, 6) is 1.64. The largest absolute Gasteiger partial charge is 0.373 e. The lowest BCUT2D eigenvalue weighted by Crippen LogP contribution is -2.26. The minimum atomic E-state index is 0.500. The number of anilines is 1. The number of imidazole rings is 1. The lowest BCUT2D eigenvalue weighted by Gasteiger charge is -2.23. The summed E-state index contributed by atoms with van der Waals surface area (Å²) in [6, 6.07) is 6.48. The monoisotopic (exact) mass is 283 g/mol. The number of aromatic nitrogens is 2. The number of pyridine rings is 1. The van der Waals surface area contributed by atoms with Crippen LogP contribution in [0.25, 0.3) is 5.65 Å². The normalized spacial score (nSPS) is 16.0. The Morgan fingerprint density at radius 3 is 2.95 bits per heavy atom. The zero-order chi connectivity index (χ0) is 14.7. The van der Waals surface area contributed by atoms with Gasteiger partial charge in [0.15, 0.2) is 0 Å². The maximum Gasteiger partial charge on any atom is 0.138 e. The van der Waals surface area contributed by atoms with Crippen LogP contribution in [0, 0.1) is 11.3 Å². The van der Waals surface area contributed by atoms with Gasteiger partial charge in [0, 0.05) is 26.1 Å². The molecule has 110 valence electrons. The van der Waals surface area contributed by atoms with E-state index < -0.39 is 0 Å². The Balaban J connectivity index is 1.97. The Labute approximate surface area is 125 Å². The lowest BCUT2D eigenvalue weighted by atomic mass is 9.91. The summed E-state index contributed by atoms with van der Waals surface area (Å²) in [5, 5.41) is 15.4. The summed E-state index contributed by atoms with van der Waals surface area (Å²) in [7, 11) is 1.91. The van der Waals surface area contributed by atoms with Gasteiger partial charge in [-0.1, -0.05) is 6.07 Å². The Hall–Kier alpha value is -2.06. The van der Waals surface area contributed by atoms with Crippen LogP contribution >= 0.6 is 0 Å². The second kappa shape index (κ2) is 6.15. The van der Waals surface area contributed by atoms with Gasteiger partial charge in [-0.3, -0.25) is 4.40 Å². The third-order valence-electron chi connectivity index (χ3n) is 4.23. The average Bonchev–Trinajstić information content (AvgIpc) is 2.90. The summed E-state index contributed by atoms with van der Waals surface area (Å²) in [4.78, 5) is 4.64. The fourth-order valence-corrected chi connectivity index (χ4v) is 3.12. The molecule has 5 heteroatoms. The van der Waals surface area contributed by atoms with E-state index in [2.05, 4.69) is 44.4 Å². The minimum absolute atomic E-state index is 0.500. The number of piperidine rings is 1. The van der Waals surface area contributed by atoms with Crippen molar-refractivity contribution < 1.29 is 0 Å². The van der Waals surface area contributed by atoms with Gasteiger partial charge in [0.1, 0.15) is 11.5 Å². The molecule has 0 radical (unpaired) electrons. The topological polar surface area (TPSA) is 65.2 Å². The highest BCUT2D eigenvalue weighted by molar-refractivity contribution is 5.56. The predicted molar refractivity (Wildman–Crippen MR) is 83.5 cm³/mol. The molecule has 21 heavy (non-hydrogen) atoms. The first kappa shape index (κ1) is 13.9. The van der Waals surface area contributed by atoms with Crippen LogP contribution in [0.4, 0.5) is 5.82 Å². The van der Waals surface area contributed by atoms with Gasteiger partial charge in [0.25, 0.3) is 0 Å². The van der Waals surface area contributed by atoms with Gasteiger partial charge in [-0.05, 0) is 43.5 Å². The first-order valence-corrected chi connectivity index (χ1v) is 7.59. The van der Waals surface area contributed by atoms with Crippen LogP contribution in [0.5, 0.6) is 0 Å². The number of nitriles is 1. The number of hydrogen-bond acceptors (Lipinski definition) is 4. The summed E-state index contributed by atoms with van der Waals surface area (Å²) < 4.78 is 2.13. The van der Waals surface area contributed by atoms with Crippen molar-refractivity contribution in [3.8, 4) is 6.07 Å². The molecule has 1 fully saturated rings. The molecule has 2 aromatic rings. The molecular weight excluding hydrogens is 262 g/mol. The molecule has 1 aliphatic rings. The van der Waals surface area contributed by atoms with E-state index in [0.29, 0.717) is 18.8 Å². The summed E-state index contributed by atoms with van der Waals surface area (Å²) >= 11 is 0. The standard InChI is InChI=1S/C16H21N5/c1-18-16-14(3-2-8-17)20-15-5-4-13(11-21(15)16)12-6-9-19-10-7-12/h4-5,11-12,18-19H,2-3,6-7,9-10H2,1H3. The molecular formula is C16H21N5. The van der Waals surface area contributed by atoms with Crippen LogP contribution in [-0.2, 0) is 6.42 Å². The van der Waals surface area contributed by atoms with E-state index in [-0.39, 0.29) is 0 Å². The maximum absolute atomic E-state index is 8.77. The molecule has 0 saturated carbocycles. The van der Waals surface area contributed by atoms with Crippen molar-refractivity contribution in [2.24, 2.45) is 0 Å². The van der Waals surface area contributed by atoms with Crippen molar-refractivity contribution in [3.05, 3.63) is 29.6 Å². The third kappa shape index (κ3) is 2.72. The number of aryl methyl sites for hydroxylation is 1. The highest BCUT2D eigenvalue weighted by atomic mass is 15.1. The molecule has 0 aliphatic carbocycles. The molecule has 1 saturated heterocycles. The zero-order valence-corrected chi connectivity index (χ0v) is 12.4. The smallest absolute Gasteiger partial charge is 0.138 e. The van der Waals surface area contributed by atoms with Crippen LogP contribution in [0.3, 0.4) is 0 Å². The molecule has 0 unspecified atom stereocenters. The van der Waals surface area contributed by atoms with Crippen molar-refractivity contribution >= 4 is 11.5 Å². The number of nitrogens with zero attached hydrogens (tertiary/aromatic N) is 3. The van der Waals surface area contributed by atoms with Gasteiger partial charge in [0.2, 0.25) is 0 Å². The quantitative estimate of drug-likeness (QED) is 0.903. The van der Waals surface area contributed by atoms with Gasteiger partial charge >= 0.3 is 0 Å². The SMILES string of the molecule is CNc1c(CCC#N)nc2ccc(C3CCNCC3)cn12. The fraction of sp³-hybridized carbons (Fsp3) is 0.500. The number of fused-ring (bicyclic) bond motifs is 1.